The van der Waals surface area contributed by atoms with Crippen LogP contribution in [-0.2, 0) is 6.42 Å². The zero-order valence-corrected chi connectivity index (χ0v) is 10.9. The van der Waals surface area contributed by atoms with Crippen molar-refractivity contribution in [2.75, 3.05) is 6.54 Å². The average Bonchev–Trinajstić information content (AvgIpc) is 2.81. The van der Waals surface area contributed by atoms with Gasteiger partial charge in [0.15, 0.2) is 0 Å². The Morgan fingerprint density at radius 1 is 1.39 bits per heavy atom. The molecule has 0 aliphatic rings. The molecule has 96 valence electrons. The normalized spacial score (nSPS) is 12.6. The van der Waals surface area contributed by atoms with Crippen LogP contribution in [0.2, 0.25) is 5.02 Å². The van der Waals surface area contributed by atoms with Crippen LogP contribution in [0.4, 0.5) is 4.39 Å². The molecule has 0 fully saturated rings. The molecule has 1 unspecified atom stereocenters. The molecule has 0 aliphatic carbocycles. The number of benzene rings is 1. The lowest BCUT2D eigenvalue weighted by atomic mass is 10.1. The van der Waals surface area contributed by atoms with Crippen LogP contribution in [0, 0.1) is 5.82 Å². The van der Waals surface area contributed by atoms with E-state index < -0.39 is 0 Å². The first-order valence-corrected chi connectivity index (χ1v) is 6.25. The maximum absolute atomic E-state index is 12.9. The third kappa shape index (κ3) is 3.34. The number of hydrogen-bond acceptors (Lipinski definition) is 2. The molecule has 18 heavy (non-hydrogen) atoms. The highest BCUT2D eigenvalue weighted by Gasteiger charge is 2.09. The zero-order chi connectivity index (χ0) is 13.0. The standard InChI is InChI=1S/C14H15ClFNO/c1-10(13-5-4-11(16)9-14(13)15)17-7-6-12-3-2-8-18-12/h2-5,8-10,17H,6-7H2,1H3. The minimum atomic E-state index is -0.313. The summed E-state index contributed by atoms with van der Waals surface area (Å²) in [7, 11) is 0. The van der Waals surface area contributed by atoms with Crippen molar-refractivity contribution in [1.29, 1.82) is 0 Å². The topological polar surface area (TPSA) is 25.2 Å². The van der Waals surface area contributed by atoms with Crippen LogP contribution in [-0.4, -0.2) is 6.54 Å². The summed E-state index contributed by atoms with van der Waals surface area (Å²) in [6.45, 7) is 2.78. The molecule has 2 nitrogen and oxygen atoms in total. The van der Waals surface area contributed by atoms with E-state index in [4.69, 9.17) is 16.0 Å². The highest BCUT2D eigenvalue weighted by molar-refractivity contribution is 6.31. The van der Waals surface area contributed by atoms with Crippen LogP contribution >= 0.6 is 11.6 Å². The fourth-order valence-corrected chi connectivity index (χ4v) is 2.16. The number of furan rings is 1. The lowest BCUT2D eigenvalue weighted by molar-refractivity contribution is 0.486. The highest BCUT2D eigenvalue weighted by Crippen LogP contribution is 2.23. The van der Waals surface area contributed by atoms with E-state index >= 15 is 0 Å². The number of hydrogen-bond donors (Lipinski definition) is 1. The molecular formula is C14H15ClFNO. The molecule has 1 atom stereocenters. The number of rotatable bonds is 5. The van der Waals surface area contributed by atoms with E-state index in [1.807, 2.05) is 19.1 Å². The molecule has 0 saturated carbocycles. The van der Waals surface area contributed by atoms with Gasteiger partial charge < -0.3 is 9.73 Å². The molecule has 0 bridgehead atoms. The Morgan fingerprint density at radius 3 is 2.89 bits per heavy atom. The van der Waals surface area contributed by atoms with Gasteiger partial charge in [-0.1, -0.05) is 17.7 Å². The summed E-state index contributed by atoms with van der Waals surface area (Å²) in [5.41, 5.74) is 0.900. The van der Waals surface area contributed by atoms with Crippen LogP contribution < -0.4 is 5.32 Å². The lowest BCUT2D eigenvalue weighted by Crippen LogP contribution is -2.21. The van der Waals surface area contributed by atoms with Crippen molar-refractivity contribution in [3.63, 3.8) is 0 Å². The van der Waals surface area contributed by atoms with E-state index in [1.54, 1.807) is 12.3 Å². The second-order valence-corrected chi connectivity index (χ2v) is 4.58. The van der Waals surface area contributed by atoms with Gasteiger partial charge in [-0.3, -0.25) is 0 Å². The Bertz CT molecular complexity index is 499. The van der Waals surface area contributed by atoms with Gasteiger partial charge in [-0.25, -0.2) is 4.39 Å². The second kappa shape index (κ2) is 6.03. The fourth-order valence-electron chi connectivity index (χ4n) is 1.83. The summed E-state index contributed by atoms with van der Waals surface area (Å²) in [5, 5.41) is 3.78. The third-order valence-corrected chi connectivity index (χ3v) is 3.16. The summed E-state index contributed by atoms with van der Waals surface area (Å²) >= 11 is 6.00. The third-order valence-electron chi connectivity index (χ3n) is 2.83. The van der Waals surface area contributed by atoms with Gasteiger partial charge in [0.25, 0.3) is 0 Å². The molecule has 2 aromatic rings. The SMILES string of the molecule is CC(NCCc1ccco1)c1ccc(F)cc1Cl. The van der Waals surface area contributed by atoms with Crippen molar-refractivity contribution in [3.8, 4) is 0 Å². The van der Waals surface area contributed by atoms with Gasteiger partial charge in [0, 0.05) is 24.0 Å². The molecule has 0 saturated heterocycles. The average molecular weight is 268 g/mol. The molecule has 0 aliphatic heterocycles. The summed E-state index contributed by atoms with van der Waals surface area (Å²) in [6, 6.07) is 8.36. The van der Waals surface area contributed by atoms with Gasteiger partial charge in [-0.15, -0.1) is 0 Å². The Morgan fingerprint density at radius 2 is 2.22 bits per heavy atom. The Hall–Kier alpha value is -1.32. The fraction of sp³-hybridized carbons (Fsp3) is 0.286. The van der Waals surface area contributed by atoms with Gasteiger partial charge >= 0.3 is 0 Å². The minimum Gasteiger partial charge on any atom is -0.469 e. The largest absolute Gasteiger partial charge is 0.469 e. The highest BCUT2D eigenvalue weighted by atomic mass is 35.5. The van der Waals surface area contributed by atoms with Crippen LogP contribution in [0.25, 0.3) is 0 Å². The zero-order valence-electron chi connectivity index (χ0n) is 10.1. The Labute approximate surface area is 111 Å². The Kier molecular flexibility index (Phi) is 4.39. The lowest BCUT2D eigenvalue weighted by Gasteiger charge is -2.15. The molecule has 1 heterocycles. The van der Waals surface area contributed by atoms with Gasteiger partial charge in [0.1, 0.15) is 11.6 Å². The first-order valence-electron chi connectivity index (χ1n) is 5.87. The van der Waals surface area contributed by atoms with Gasteiger partial charge in [-0.2, -0.15) is 0 Å². The summed E-state index contributed by atoms with van der Waals surface area (Å²) < 4.78 is 18.2. The maximum Gasteiger partial charge on any atom is 0.124 e. The molecule has 1 aromatic carbocycles. The predicted molar refractivity (Wildman–Crippen MR) is 70.2 cm³/mol. The molecule has 0 radical (unpaired) electrons. The van der Waals surface area contributed by atoms with Crippen molar-refractivity contribution >= 4 is 11.6 Å². The number of halogens is 2. The van der Waals surface area contributed by atoms with E-state index in [-0.39, 0.29) is 11.9 Å². The van der Waals surface area contributed by atoms with E-state index in [9.17, 15) is 4.39 Å². The van der Waals surface area contributed by atoms with E-state index in [0.29, 0.717) is 5.02 Å². The Balaban J connectivity index is 1.89. The molecule has 0 spiro atoms. The van der Waals surface area contributed by atoms with Gasteiger partial charge in [0.05, 0.1) is 6.26 Å². The molecule has 0 amide bonds. The minimum absolute atomic E-state index is 0.0769. The molecular weight excluding hydrogens is 253 g/mol. The summed E-state index contributed by atoms with van der Waals surface area (Å²) in [4.78, 5) is 0. The van der Waals surface area contributed by atoms with E-state index in [2.05, 4.69) is 5.32 Å². The maximum atomic E-state index is 12.9. The molecule has 4 heteroatoms. The van der Waals surface area contributed by atoms with E-state index in [0.717, 1.165) is 24.3 Å². The van der Waals surface area contributed by atoms with Crippen molar-refractivity contribution in [3.05, 3.63) is 58.8 Å². The second-order valence-electron chi connectivity index (χ2n) is 4.17. The van der Waals surface area contributed by atoms with Crippen molar-refractivity contribution in [2.45, 2.75) is 19.4 Å². The number of nitrogens with one attached hydrogen (secondary N) is 1. The van der Waals surface area contributed by atoms with Crippen LogP contribution in [0.15, 0.2) is 41.0 Å². The summed E-state index contributed by atoms with van der Waals surface area (Å²) in [6.07, 6.45) is 2.48. The monoisotopic (exact) mass is 267 g/mol. The molecule has 1 aromatic heterocycles. The molecule has 1 N–H and O–H groups in total. The smallest absolute Gasteiger partial charge is 0.124 e. The van der Waals surface area contributed by atoms with Crippen molar-refractivity contribution in [2.24, 2.45) is 0 Å². The quantitative estimate of drug-likeness (QED) is 0.887. The van der Waals surface area contributed by atoms with Crippen LogP contribution in [0.3, 0.4) is 0 Å². The van der Waals surface area contributed by atoms with Crippen molar-refractivity contribution in [1.82, 2.24) is 5.32 Å². The van der Waals surface area contributed by atoms with Crippen LogP contribution in [0.5, 0.6) is 0 Å². The molecule has 2 rings (SSSR count). The first kappa shape index (κ1) is 13.1. The van der Waals surface area contributed by atoms with Gasteiger partial charge in [-0.05, 0) is 36.8 Å². The summed E-state index contributed by atoms with van der Waals surface area (Å²) in [5.74, 6) is 0.631. The van der Waals surface area contributed by atoms with Crippen molar-refractivity contribution < 1.29 is 8.81 Å². The van der Waals surface area contributed by atoms with E-state index in [1.165, 1.54) is 12.1 Å². The van der Waals surface area contributed by atoms with Gasteiger partial charge in [0.2, 0.25) is 0 Å². The first-order chi connectivity index (χ1) is 8.66. The predicted octanol–water partition coefficient (Wildman–Crippen LogP) is 3.97. The van der Waals surface area contributed by atoms with Crippen LogP contribution in [0.1, 0.15) is 24.3 Å².